The van der Waals surface area contributed by atoms with Gasteiger partial charge in [-0.2, -0.15) is 0 Å². The van der Waals surface area contributed by atoms with E-state index in [4.69, 9.17) is 19.2 Å². The number of amides is 1. The highest BCUT2D eigenvalue weighted by Gasteiger charge is 2.45. The molecular formula is C13H16BNO5. The first kappa shape index (κ1) is 13.3. The average Bonchev–Trinajstić information content (AvgIpc) is 2.65. The Hall–Kier alpha value is -1.73. The number of ether oxygens (including phenoxy) is 1. The van der Waals surface area contributed by atoms with Gasteiger partial charge in [-0.25, -0.2) is 4.79 Å². The molecule has 1 aromatic rings. The van der Waals surface area contributed by atoms with E-state index in [0.717, 1.165) is 16.8 Å². The van der Waals surface area contributed by atoms with Crippen molar-refractivity contribution in [3.8, 4) is 5.75 Å². The lowest BCUT2D eigenvalue weighted by atomic mass is 9.77. The maximum Gasteiger partial charge on any atom is 0.499 e. The van der Waals surface area contributed by atoms with Crippen LogP contribution >= 0.6 is 0 Å². The second kappa shape index (κ2) is 4.68. The lowest BCUT2D eigenvalue weighted by Gasteiger charge is -2.25. The first-order valence-corrected chi connectivity index (χ1v) is 6.52. The molecule has 1 aromatic carbocycles. The third kappa shape index (κ3) is 2.34. The first-order chi connectivity index (χ1) is 9.46. The van der Waals surface area contributed by atoms with Gasteiger partial charge in [-0.1, -0.05) is 12.1 Å². The van der Waals surface area contributed by atoms with Gasteiger partial charge in [0.1, 0.15) is 12.4 Å². The number of rotatable bonds is 2. The third-order valence-electron chi connectivity index (χ3n) is 3.41. The predicted molar refractivity (Wildman–Crippen MR) is 72.3 cm³/mol. The average molecular weight is 277 g/mol. The zero-order valence-electron chi connectivity index (χ0n) is 11.4. The van der Waals surface area contributed by atoms with E-state index in [2.05, 4.69) is 5.32 Å². The van der Waals surface area contributed by atoms with E-state index in [0.29, 0.717) is 6.61 Å². The van der Waals surface area contributed by atoms with Crippen LogP contribution in [0.2, 0.25) is 0 Å². The number of benzene rings is 1. The molecule has 2 aliphatic rings. The van der Waals surface area contributed by atoms with Crippen LogP contribution in [0.5, 0.6) is 5.75 Å². The summed E-state index contributed by atoms with van der Waals surface area (Å²) in [6, 6.07) is 5.68. The fourth-order valence-electron chi connectivity index (χ4n) is 2.51. The van der Waals surface area contributed by atoms with E-state index in [1.807, 2.05) is 32.0 Å². The normalized spacial score (nSPS) is 22.7. The van der Waals surface area contributed by atoms with Crippen LogP contribution in [0.1, 0.15) is 25.5 Å². The summed E-state index contributed by atoms with van der Waals surface area (Å²) >= 11 is 0. The second-order valence-corrected chi connectivity index (χ2v) is 5.57. The molecule has 0 aromatic heterocycles. The van der Waals surface area contributed by atoms with Gasteiger partial charge < -0.3 is 24.5 Å². The SMILES string of the molecule is CC1(C)COc2cccc3c2B(OC3CNC(=O)O)O1. The molecule has 0 aliphatic carbocycles. The summed E-state index contributed by atoms with van der Waals surface area (Å²) in [6.07, 6.45) is -1.43. The number of nitrogens with one attached hydrogen (secondary N) is 1. The van der Waals surface area contributed by atoms with Crippen molar-refractivity contribution in [2.24, 2.45) is 0 Å². The zero-order chi connectivity index (χ0) is 14.3. The minimum Gasteiger partial charge on any atom is -0.491 e. The van der Waals surface area contributed by atoms with Crippen LogP contribution in [-0.4, -0.2) is 37.1 Å². The van der Waals surface area contributed by atoms with Gasteiger partial charge in [0.25, 0.3) is 0 Å². The van der Waals surface area contributed by atoms with E-state index in [-0.39, 0.29) is 12.6 Å². The highest BCUT2D eigenvalue weighted by Crippen LogP contribution is 2.32. The van der Waals surface area contributed by atoms with Crippen molar-refractivity contribution in [3.63, 3.8) is 0 Å². The molecule has 1 amide bonds. The molecule has 0 fully saturated rings. The molecular weight excluding hydrogens is 261 g/mol. The van der Waals surface area contributed by atoms with E-state index in [9.17, 15) is 4.79 Å². The molecule has 0 bridgehead atoms. The lowest BCUT2D eigenvalue weighted by Crippen LogP contribution is -2.40. The molecule has 0 saturated carbocycles. The summed E-state index contributed by atoms with van der Waals surface area (Å²) in [6.45, 7) is 4.50. The second-order valence-electron chi connectivity index (χ2n) is 5.57. The van der Waals surface area contributed by atoms with E-state index in [1.54, 1.807) is 0 Å². The monoisotopic (exact) mass is 277 g/mol. The molecule has 6 nitrogen and oxygen atoms in total. The molecule has 2 heterocycles. The molecule has 2 N–H and O–H groups in total. The Morgan fingerprint density at radius 2 is 2.35 bits per heavy atom. The fraction of sp³-hybridized carbons (Fsp3) is 0.462. The molecule has 0 saturated heterocycles. The Bertz CT molecular complexity index is 548. The lowest BCUT2D eigenvalue weighted by molar-refractivity contribution is 0.0273. The zero-order valence-corrected chi connectivity index (χ0v) is 11.4. The van der Waals surface area contributed by atoms with E-state index < -0.39 is 18.8 Å². The third-order valence-corrected chi connectivity index (χ3v) is 3.41. The first-order valence-electron chi connectivity index (χ1n) is 6.52. The van der Waals surface area contributed by atoms with Gasteiger partial charge in [0.05, 0.1) is 11.7 Å². The number of hydrogen-bond donors (Lipinski definition) is 2. The van der Waals surface area contributed by atoms with Crippen LogP contribution in [0.15, 0.2) is 18.2 Å². The quantitative estimate of drug-likeness (QED) is 0.786. The van der Waals surface area contributed by atoms with Crippen molar-refractivity contribution >= 4 is 18.7 Å². The number of carbonyl (C=O) groups is 1. The van der Waals surface area contributed by atoms with Crippen molar-refractivity contribution in [3.05, 3.63) is 23.8 Å². The van der Waals surface area contributed by atoms with Gasteiger partial charge in [-0.3, -0.25) is 0 Å². The van der Waals surface area contributed by atoms with Crippen LogP contribution in [0.3, 0.4) is 0 Å². The molecule has 20 heavy (non-hydrogen) atoms. The van der Waals surface area contributed by atoms with Gasteiger partial charge >= 0.3 is 13.2 Å². The predicted octanol–water partition coefficient (Wildman–Crippen LogP) is 0.908. The Morgan fingerprint density at radius 3 is 3.10 bits per heavy atom. The Kier molecular flexibility index (Phi) is 3.10. The fourth-order valence-corrected chi connectivity index (χ4v) is 2.51. The smallest absolute Gasteiger partial charge is 0.491 e. The summed E-state index contributed by atoms with van der Waals surface area (Å²) in [5.74, 6) is 0.746. The van der Waals surface area contributed by atoms with E-state index >= 15 is 0 Å². The maximum absolute atomic E-state index is 10.6. The molecule has 0 radical (unpaired) electrons. The van der Waals surface area contributed by atoms with Gasteiger partial charge in [-0.05, 0) is 25.5 Å². The summed E-state index contributed by atoms with van der Waals surface area (Å²) in [7, 11) is -0.515. The largest absolute Gasteiger partial charge is 0.499 e. The maximum atomic E-state index is 10.6. The van der Waals surface area contributed by atoms with Crippen molar-refractivity contribution in [1.29, 1.82) is 0 Å². The summed E-state index contributed by atoms with van der Waals surface area (Å²) in [5, 5.41) is 11.1. The topological polar surface area (TPSA) is 77.0 Å². The van der Waals surface area contributed by atoms with Crippen LogP contribution in [-0.2, 0) is 9.31 Å². The highest BCUT2D eigenvalue weighted by molar-refractivity contribution is 6.64. The van der Waals surface area contributed by atoms with Crippen LogP contribution in [0.25, 0.3) is 0 Å². The summed E-state index contributed by atoms with van der Waals surface area (Å²) < 4.78 is 17.6. The van der Waals surface area contributed by atoms with Crippen LogP contribution < -0.4 is 15.5 Å². The van der Waals surface area contributed by atoms with Gasteiger partial charge in [-0.15, -0.1) is 0 Å². The van der Waals surface area contributed by atoms with Crippen molar-refractivity contribution in [1.82, 2.24) is 5.32 Å². The summed E-state index contributed by atoms with van der Waals surface area (Å²) in [5.41, 5.74) is 1.32. The molecule has 1 atom stereocenters. The highest BCUT2D eigenvalue weighted by atomic mass is 16.6. The number of hydrogen-bond acceptors (Lipinski definition) is 4. The van der Waals surface area contributed by atoms with Crippen molar-refractivity contribution < 1.29 is 23.9 Å². The molecule has 7 heteroatoms. The van der Waals surface area contributed by atoms with Gasteiger partial charge in [0, 0.05) is 12.0 Å². The minimum atomic E-state index is -1.07. The van der Waals surface area contributed by atoms with Crippen LogP contribution in [0.4, 0.5) is 4.79 Å². The van der Waals surface area contributed by atoms with Gasteiger partial charge in [0.15, 0.2) is 0 Å². The molecule has 3 rings (SSSR count). The minimum absolute atomic E-state index is 0.187. The molecule has 106 valence electrons. The van der Waals surface area contributed by atoms with Gasteiger partial charge in [0.2, 0.25) is 0 Å². The van der Waals surface area contributed by atoms with Crippen molar-refractivity contribution in [2.45, 2.75) is 25.6 Å². The Balaban J connectivity index is 1.92. The van der Waals surface area contributed by atoms with Crippen molar-refractivity contribution in [2.75, 3.05) is 13.2 Å². The van der Waals surface area contributed by atoms with Crippen LogP contribution in [0, 0.1) is 0 Å². The molecule has 2 aliphatic heterocycles. The Morgan fingerprint density at radius 1 is 1.55 bits per heavy atom. The molecule has 1 unspecified atom stereocenters. The molecule has 0 spiro atoms. The number of carboxylic acid groups (broad SMARTS) is 1. The van der Waals surface area contributed by atoms with E-state index in [1.165, 1.54) is 0 Å². The summed E-state index contributed by atoms with van der Waals surface area (Å²) in [4.78, 5) is 10.6. The Labute approximate surface area is 117 Å². The standard InChI is InChI=1S/C13H16BNO5/c1-13(2)7-18-9-5-3-4-8-10(6-15-12(16)17)19-14(20-13)11(8)9/h3-5,10,15H,6-7H2,1-2H3,(H,16,17).